The number of rotatable bonds is 16. The standard InChI is InChI=1S/C39H55N3.3ClH.Fe/c1-9-16-30-24-32(18-11-3)38(33(25-30)19-12-4)40-28(7)36-22-15-23-37(42-36)29(8)41-39-34(20-13-5)26-31(17-10-2)27-35(39)21-14-6;;;;/h15,22-27H,9-14,16-21H2,1-8H3;3*1H;/q;;;;+3/p-3. The second-order valence-corrected chi connectivity index (χ2v) is 11.8. The number of hydrogen-bond donors (Lipinski definition) is 0. The van der Waals surface area contributed by atoms with Crippen molar-refractivity contribution in [1.82, 2.24) is 4.98 Å². The van der Waals surface area contributed by atoms with Crippen LogP contribution in [0.1, 0.15) is 139 Å². The minimum Gasteiger partial charge on any atom is -1.00 e. The second kappa shape index (κ2) is 24.5. The molecule has 0 amide bonds. The molecule has 7 heteroatoms. The van der Waals surface area contributed by atoms with Crippen LogP contribution in [0.4, 0.5) is 11.4 Å². The number of aromatic nitrogens is 1. The number of nitrogens with zero attached hydrogens (tertiary/aromatic N) is 3. The third-order valence-electron chi connectivity index (χ3n) is 7.86. The summed E-state index contributed by atoms with van der Waals surface area (Å²) < 4.78 is 0. The van der Waals surface area contributed by atoms with Crippen molar-refractivity contribution in [3.63, 3.8) is 0 Å². The number of pyridine rings is 1. The summed E-state index contributed by atoms with van der Waals surface area (Å²) in [4.78, 5) is 15.6. The van der Waals surface area contributed by atoms with Gasteiger partial charge in [0.25, 0.3) is 0 Å². The van der Waals surface area contributed by atoms with Gasteiger partial charge in [-0.05, 0) is 97.9 Å². The normalized spacial score (nSPS) is 11.2. The van der Waals surface area contributed by atoms with E-state index in [9.17, 15) is 0 Å². The summed E-state index contributed by atoms with van der Waals surface area (Å²) in [6.07, 6.45) is 13.3. The van der Waals surface area contributed by atoms with Crippen LogP contribution in [0, 0.1) is 0 Å². The molecule has 0 spiro atoms. The van der Waals surface area contributed by atoms with Crippen LogP contribution >= 0.6 is 0 Å². The minimum absolute atomic E-state index is 0. The summed E-state index contributed by atoms with van der Waals surface area (Å²) in [7, 11) is 0. The van der Waals surface area contributed by atoms with Gasteiger partial charge in [-0.2, -0.15) is 0 Å². The van der Waals surface area contributed by atoms with Crippen molar-refractivity contribution >= 4 is 22.8 Å². The second-order valence-electron chi connectivity index (χ2n) is 11.8. The van der Waals surface area contributed by atoms with Gasteiger partial charge in [-0.25, -0.2) is 4.98 Å². The van der Waals surface area contributed by atoms with Gasteiger partial charge in [0.2, 0.25) is 0 Å². The van der Waals surface area contributed by atoms with Crippen molar-refractivity contribution in [3.05, 3.63) is 87.2 Å². The summed E-state index contributed by atoms with van der Waals surface area (Å²) in [6.45, 7) is 17.8. The van der Waals surface area contributed by atoms with Gasteiger partial charge in [-0.15, -0.1) is 0 Å². The Balaban J connectivity index is 0. The molecule has 0 saturated carbocycles. The van der Waals surface area contributed by atoms with Crippen LogP contribution in [0.25, 0.3) is 0 Å². The van der Waals surface area contributed by atoms with Crippen LogP contribution < -0.4 is 37.2 Å². The zero-order valence-electron chi connectivity index (χ0n) is 29.4. The average Bonchev–Trinajstić information content (AvgIpc) is 2.97. The van der Waals surface area contributed by atoms with Crippen molar-refractivity contribution in [2.24, 2.45) is 9.98 Å². The van der Waals surface area contributed by atoms with E-state index in [4.69, 9.17) is 15.0 Å². The maximum absolute atomic E-state index is 5.27. The van der Waals surface area contributed by atoms with E-state index in [1.54, 1.807) is 0 Å². The summed E-state index contributed by atoms with van der Waals surface area (Å²) >= 11 is 0. The largest absolute Gasteiger partial charge is 3.00 e. The van der Waals surface area contributed by atoms with Crippen LogP contribution in [0.2, 0.25) is 0 Å². The molecule has 0 aliphatic heterocycles. The molecular weight excluding hydrogens is 673 g/mol. The van der Waals surface area contributed by atoms with E-state index in [0.29, 0.717) is 0 Å². The van der Waals surface area contributed by atoms with Crippen LogP contribution in [0.5, 0.6) is 0 Å². The molecule has 0 aliphatic rings. The van der Waals surface area contributed by atoms with Crippen LogP contribution in [-0.2, 0) is 55.6 Å². The summed E-state index contributed by atoms with van der Waals surface area (Å²) in [5.41, 5.74) is 14.5. The van der Waals surface area contributed by atoms with Crippen molar-refractivity contribution in [3.8, 4) is 0 Å². The van der Waals surface area contributed by atoms with Gasteiger partial charge in [0.15, 0.2) is 0 Å². The fourth-order valence-electron chi connectivity index (χ4n) is 5.94. The monoisotopic (exact) mass is 726 g/mol. The van der Waals surface area contributed by atoms with E-state index >= 15 is 0 Å². The van der Waals surface area contributed by atoms with E-state index in [0.717, 1.165) is 98.4 Å². The molecule has 1 radical (unpaired) electrons. The van der Waals surface area contributed by atoms with Gasteiger partial charge in [0, 0.05) is 0 Å². The average molecular weight is 728 g/mol. The van der Waals surface area contributed by atoms with Gasteiger partial charge >= 0.3 is 17.1 Å². The van der Waals surface area contributed by atoms with Gasteiger partial charge < -0.3 is 37.2 Å². The Bertz CT molecular complexity index is 1230. The Morgan fingerprint density at radius 2 is 0.783 bits per heavy atom. The molecule has 0 atom stereocenters. The van der Waals surface area contributed by atoms with Crippen LogP contribution in [0.15, 0.2) is 52.4 Å². The van der Waals surface area contributed by atoms with Crippen molar-refractivity contribution < 1.29 is 54.3 Å². The number of hydrogen-bond acceptors (Lipinski definition) is 3. The van der Waals surface area contributed by atoms with E-state index in [1.807, 2.05) is 0 Å². The first-order valence-corrected chi connectivity index (χ1v) is 16.8. The molecule has 2 aromatic carbocycles. The Morgan fingerprint density at radius 3 is 1.04 bits per heavy atom. The smallest absolute Gasteiger partial charge is 1.00 e. The minimum atomic E-state index is 0. The molecule has 255 valence electrons. The topological polar surface area (TPSA) is 37.6 Å². The molecule has 3 rings (SSSR count). The molecule has 0 N–H and O–H groups in total. The molecule has 3 nitrogen and oxygen atoms in total. The van der Waals surface area contributed by atoms with E-state index in [-0.39, 0.29) is 54.3 Å². The maximum atomic E-state index is 5.27. The predicted molar refractivity (Wildman–Crippen MR) is 185 cm³/mol. The van der Waals surface area contributed by atoms with Gasteiger partial charge in [-0.1, -0.05) is 110 Å². The number of halogens is 3. The fraction of sp³-hybridized carbons (Fsp3) is 0.513. The summed E-state index contributed by atoms with van der Waals surface area (Å²) in [6, 6.07) is 15.9. The maximum Gasteiger partial charge on any atom is 3.00 e. The number of benzene rings is 2. The molecule has 0 saturated heterocycles. The molecular formula is C39H55Cl3FeN3. The number of aryl methyl sites for hydroxylation is 6. The molecule has 46 heavy (non-hydrogen) atoms. The molecule has 0 fully saturated rings. The van der Waals surface area contributed by atoms with E-state index < -0.39 is 0 Å². The fourth-order valence-corrected chi connectivity index (χ4v) is 5.94. The van der Waals surface area contributed by atoms with Crippen molar-refractivity contribution in [2.75, 3.05) is 0 Å². The van der Waals surface area contributed by atoms with Crippen LogP contribution in [0.3, 0.4) is 0 Å². The van der Waals surface area contributed by atoms with Gasteiger partial charge in [-0.3, -0.25) is 9.98 Å². The van der Waals surface area contributed by atoms with E-state index in [2.05, 4.69) is 97.9 Å². The summed E-state index contributed by atoms with van der Waals surface area (Å²) in [5, 5.41) is 0. The third-order valence-corrected chi connectivity index (χ3v) is 7.86. The number of aliphatic imine (C=N–C) groups is 2. The zero-order chi connectivity index (χ0) is 30.5. The Hall–Kier alpha value is -1.68. The quantitative estimate of drug-likeness (QED) is 0.165. The first-order valence-electron chi connectivity index (χ1n) is 16.8. The summed E-state index contributed by atoms with van der Waals surface area (Å²) in [5.74, 6) is 0. The SMILES string of the molecule is CCCc1cc(CCC)c(N=C(C)c2cccc(C(C)=Nc3c(CCC)cc(CCC)cc3CCC)n2)c(CCC)c1.[Cl-].[Cl-].[Cl-].[Fe+3]. The Morgan fingerprint density at radius 1 is 0.500 bits per heavy atom. The van der Waals surface area contributed by atoms with E-state index in [1.165, 1.54) is 46.2 Å². The van der Waals surface area contributed by atoms with Crippen LogP contribution in [-0.4, -0.2) is 16.4 Å². The molecule has 0 unspecified atom stereocenters. The molecule has 0 aliphatic carbocycles. The third kappa shape index (κ3) is 13.1. The predicted octanol–water partition coefficient (Wildman–Crippen LogP) is 2.09. The van der Waals surface area contributed by atoms with Crippen molar-refractivity contribution in [2.45, 2.75) is 132 Å². The Kier molecular flexibility index (Phi) is 24.7. The van der Waals surface area contributed by atoms with Crippen molar-refractivity contribution in [1.29, 1.82) is 0 Å². The first-order chi connectivity index (χ1) is 20.4. The first kappa shape index (κ1) is 46.4. The molecule has 1 aromatic heterocycles. The molecule has 0 bridgehead atoms. The van der Waals surface area contributed by atoms with Gasteiger partial charge in [0.1, 0.15) is 0 Å². The molecule has 3 aromatic rings. The van der Waals surface area contributed by atoms with Gasteiger partial charge in [0.05, 0.1) is 34.2 Å². The Labute approximate surface area is 310 Å². The zero-order valence-corrected chi connectivity index (χ0v) is 32.7. The molecule has 1 heterocycles.